The van der Waals surface area contributed by atoms with Crippen molar-refractivity contribution in [3.05, 3.63) is 84.0 Å². The summed E-state index contributed by atoms with van der Waals surface area (Å²) in [5.41, 5.74) is 3.64. The quantitative estimate of drug-likeness (QED) is 0.505. The lowest BCUT2D eigenvalue weighted by molar-refractivity contribution is -0.142. The van der Waals surface area contributed by atoms with Crippen LogP contribution in [0.15, 0.2) is 72.8 Å². The van der Waals surface area contributed by atoms with E-state index in [2.05, 4.69) is 19.9 Å². The second kappa shape index (κ2) is 11.0. The van der Waals surface area contributed by atoms with Crippen molar-refractivity contribution in [1.82, 2.24) is 4.90 Å². The highest BCUT2D eigenvalue weighted by Crippen LogP contribution is 2.61. The molecule has 4 aliphatic rings. The summed E-state index contributed by atoms with van der Waals surface area (Å²) in [6.45, 7) is 8.67. The number of para-hydroxylation sites is 1. The number of hydrogen-bond acceptors (Lipinski definition) is 5. The van der Waals surface area contributed by atoms with Gasteiger partial charge >= 0.3 is 0 Å². The van der Waals surface area contributed by atoms with Crippen molar-refractivity contribution in [1.29, 1.82) is 0 Å². The van der Waals surface area contributed by atoms with E-state index in [4.69, 9.17) is 0 Å². The molecule has 0 radical (unpaired) electrons. The highest BCUT2D eigenvalue weighted by atomic mass is 32.2. The first-order chi connectivity index (χ1) is 20.2. The van der Waals surface area contributed by atoms with E-state index in [1.165, 1.54) is 0 Å². The van der Waals surface area contributed by atoms with Crippen LogP contribution in [-0.2, 0) is 14.4 Å². The lowest BCUT2D eigenvalue weighted by Gasteiger charge is -2.39. The summed E-state index contributed by atoms with van der Waals surface area (Å²) in [7, 11) is 0. The van der Waals surface area contributed by atoms with Crippen molar-refractivity contribution < 1.29 is 19.5 Å². The third kappa shape index (κ3) is 4.51. The third-order valence-corrected chi connectivity index (χ3v) is 10.9. The second-order valence-electron chi connectivity index (χ2n) is 12.4. The molecule has 2 saturated heterocycles. The van der Waals surface area contributed by atoms with E-state index in [1.54, 1.807) is 26.5 Å². The Morgan fingerprint density at radius 3 is 2.40 bits per heavy atom. The minimum absolute atomic E-state index is 0.0968. The normalized spacial score (nSPS) is 29.5. The standard InChI is InChI=1S/C34H39N3O4S/c1-21(2)18-25(20-38)37-30-33(41)36(26-19-22(3)13-14-23(26)4)17-9-15-34(30)29(32(37)40)28-27(42-34)12-8-16-35(31(28)39)24-10-6-5-7-11-24/h5-15,19,21,25,27-30,38H,16-18,20H2,1-4H3/t25-,27+,28-,29+,30?,34+/m1/s1. The van der Waals surface area contributed by atoms with Crippen LogP contribution in [0.5, 0.6) is 0 Å². The fourth-order valence-corrected chi connectivity index (χ4v) is 9.35. The third-order valence-electron chi connectivity index (χ3n) is 9.17. The first kappa shape index (κ1) is 28.7. The molecular weight excluding hydrogens is 546 g/mol. The van der Waals surface area contributed by atoms with Gasteiger partial charge in [-0.3, -0.25) is 14.4 Å². The zero-order valence-electron chi connectivity index (χ0n) is 24.6. The number of aryl methyl sites for hydroxylation is 2. The van der Waals surface area contributed by atoms with Gasteiger partial charge in [0, 0.05) is 29.7 Å². The average molecular weight is 586 g/mol. The van der Waals surface area contributed by atoms with Gasteiger partial charge in [-0.15, -0.1) is 11.8 Å². The summed E-state index contributed by atoms with van der Waals surface area (Å²) in [5.74, 6) is -1.62. The Hall–Kier alpha value is -3.36. The van der Waals surface area contributed by atoms with Crippen LogP contribution in [0.1, 0.15) is 31.4 Å². The Kier molecular flexibility index (Phi) is 7.56. The Labute approximate surface area is 252 Å². The van der Waals surface area contributed by atoms with Crippen molar-refractivity contribution in [2.75, 3.05) is 29.5 Å². The van der Waals surface area contributed by atoms with Crippen molar-refractivity contribution in [3.8, 4) is 0 Å². The number of rotatable bonds is 6. The molecule has 2 aromatic rings. The molecule has 220 valence electrons. The van der Waals surface area contributed by atoms with Gasteiger partial charge in [0.25, 0.3) is 5.91 Å². The highest BCUT2D eigenvalue weighted by Gasteiger charge is 2.71. The number of aliphatic hydroxyl groups is 1. The maximum atomic E-state index is 14.8. The predicted molar refractivity (Wildman–Crippen MR) is 167 cm³/mol. The highest BCUT2D eigenvalue weighted by molar-refractivity contribution is 8.02. The first-order valence-corrected chi connectivity index (χ1v) is 15.8. The number of hydrogen-bond donors (Lipinski definition) is 1. The molecule has 1 spiro atoms. The molecular formula is C34H39N3O4S. The Morgan fingerprint density at radius 1 is 0.952 bits per heavy atom. The molecule has 42 heavy (non-hydrogen) atoms. The van der Waals surface area contributed by atoms with Crippen LogP contribution in [0.2, 0.25) is 0 Å². The fourth-order valence-electron chi connectivity index (χ4n) is 7.36. The fraction of sp³-hybridized carbons (Fsp3) is 0.441. The topological polar surface area (TPSA) is 81.2 Å². The molecule has 6 atom stereocenters. The number of carbonyl (C=O) groups is 3. The van der Waals surface area contributed by atoms with Gasteiger partial charge in [0.15, 0.2) is 0 Å². The van der Waals surface area contributed by atoms with Crippen LogP contribution in [0.4, 0.5) is 11.4 Å². The molecule has 0 aromatic heterocycles. The van der Waals surface area contributed by atoms with Crippen molar-refractivity contribution in [2.45, 2.75) is 56.2 Å². The molecule has 0 bridgehead atoms. The number of likely N-dealkylation sites (tertiary alicyclic amines) is 1. The van der Waals surface area contributed by atoms with E-state index in [0.29, 0.717) is 19.5 Å². The lowest BCUT2D eigenvalue weighted by Crippen LogP contribution is -2.57. The van der Waals surface area contributed by atoms with Crippen LogP contribution in [0.3, 0.4) is 0 Å². The number of aliphatic hydroxyl groups excluding tert-OH is 1. The number of nitrogens with zero attached hydrogens (tertiary/aromatic N) is 3. The average Bonchev–Trinajstić information content (AvgIpc) is 3.29. The van der Waals surface area contributed by atoms with Gasteiger partial charge in [-0.25, -0.2) is 0 Å². The zero-order chi connectivity index (χ0) is 29.8. The SMILES string of the molecule is Cc1ccc(C)c(N2CC=C[C@]34S[C@H]5C=CCN(c6ccccc6)C(=O)[C@H]5[C@H]3C(=O)N([C@@H](CO)CC(C)C)C4C2=O)c1. The van der Waals surface area contributed by atoms with Gasteiger partial charge in [-0.2, -0.15) is 0 Å². The summed E-state index contributed by atoms with van der Waals surface area (Å²) in [6.07, 6.45) is 8.67. The van der Waals surface area contributed by atoms with E-state index >= 15 is 0 Å². The van der Waals surface area contributed by atoms with Gasteiger partial charge in [-0.1, -0.05) is 68.5 Å². The molecule has 0 aliphatic carbocycles. The molecule has 4 heterocycles. The van der Waals surface area contributed by atoms with E-state index in [1.807, 2.05) is 80.6 Å². The maximum absolute atomic E-state index is 14.8. The van der Waals surface area contributed by atoms with Gasteiger partial charge < -0.3 is 19.8 Å². The number of fused-ring (bicyclic) bond motifs is 2. The van der Waals surface area contributed by atoms with Crippen LogP contribution in [-0.4, -0.2) is 69.5 Å². The number of thioether (sulfide) groups is 1. The molecule has 3 amide bonds. The van der Waals surface area contributed by atoms with Crippen molar-refractivity contribution in [3.63, 3.8) is 0 Å². The molecule has 2 aromatic carbocycles. The van der Waals surface area contributed by atoms with E-state index in [0.717, 1.165) is 22.5 Å². The largest absolute Gasteiger partial charge is 0.394 e. The number of carbonyl (C=O) groups excluding carboxylic acids is 3. The molecule has 2 fully saturated rings. The van der Waals surface area contributed by atoms with Crippen LogP contribution in [0, 0.1) is 31.6 Å². The summed E-state index contributed by atoms with van der Waals surface area (Å²) < 4.78 is -0.930. The smallest absolute Gasteiger partial charge is 0.251 e. The van der Waals surface area contributed by atoms with Crippen LogP contribution < -0.4 is 9.80 Å². The second-order valence-corrected chi connectivity index (χ2v) is 13.9. The predicted octanol–water partition coefficient (Wildman–Crippen LogP) is 4.51. The molecule has 7 nitrogen and oxygen atoms in total. The number of amides is 3. The first-order valence-electron chi connectivity index (χ1n) is 14.9. The molecule has 1 unspecified atom stereocenters. The Balaban J connectivity index is 1.49. The van der Waals surface area contributed by atoms with Crippen molar-refractivity contribution in [2.24, 2.45) is 17.8 Å². The van der Waals surface area contributed by atoms with E-state index < -0.39 is 28.7 Å². The molecule has 4 aliphatic heterocycles. The molecule has 6 rings (SSSR count). The maximum Gasteiger partial charge on any atom is 0.251 e. The van der Waals surface area contributed by atoms with Gasteiger partial charge in [0.2, 0.25) is 11.8 Å². The van der Waals surface area contributed by atoms with Crippen LogP contribution >= 0.6 is 11.8 Å². The minimum Gasteiger partial charge on any atom is -0.394 e. The van der Waals surface area contributed by atoms with Gasteiger partial charge in [0.05, 0.1) is 29.2 Å². The van der Waals surface area contributed by atoms with E-state index in [-0.39, 0.29) is 35.5 Å². The lowest BCUT2D eigenvalue weighted by atomic mass is 9.78. The van der Waals surface area contributed by atoms with Crippen molar-refractivity contribution >= 4 is 40.9 Å². The Morgan fingerprint density at radius 2 is 1.69 bits per heavy atom. The van der Waals surface area contributed by atoms with Crippen LogP contribution in [0.25, 0.3) is 0 Å². The summed E-state index contributed by atoms with van der Waals surface area (Å²) in [4.78, 5) is 49.1. The Bertz CT molecular complexity index is 1460. The molecule has 1 N–H and O–H groups in total. The summed E-state index contributed by atoms with van der Waals surface area (Å²) >= 11 is 1.57. The number of benzene rings is 2. The van der Waals surface area contributed by atoms with Gasteiger partial charge in [0.1, 0.15) is 6.04 Å². The molecule has 0 saturated carbocycles. The monoisotopic (exact) mass is 585 g/mol. The molecule has 8 heteroatoms. The number of anilines is 2. The zero-order valence-corrected chi connectivity index (χ0v) is 25.5. The van der Waals surface area contributed by atoms with Gasteiger partial charge in [-0.05, 0) is 55.5 Å². The van der Waals surface area contributed by atoms with E-state index in [9.17, 15) is 19.5 Å². The summed E-state index contributed by atoms with van der Waals surface area (Å²) in [5, 5.41) is 10.4. The summed E-state index contributed by atoms with van der Waals surface area (Å²) in [6, 6.07) is 14.3. The minimum atomic E-state index is -0.930.